The van der Waals surface area contributed by atoms with Gasteiger partial charge in [-0.1, -0.05) is 13.0 Å². The van der Waals surface area contributed by atoms with Crippen molar-refractivity contribution in [1.82, 2.24) is 14.5 Å². The Bertz CT molecular complexity index is 775. The van der Waals surface area contributed by atoms with E-state index in [2.05, 4.69) is 5.32 Å². The molecular formula is C19H29N3O4S. The maximum absolute atomic E-state index is 13.1. The fourth-order valence-corrected chi connectivity index (χ4v) is 5.53. The van der Waals surface area contributed by atoms with E-state index in [-0.39, 0.29) is 10.8 Å². The van der Waals surface area contributed by atoms with Gasteiger partial charge in [0.15, 0.2) is 0 Å². The van der Waals surface area contributed by atoms with Crippen LogP contribution in [-0.2, 0) is 21.2 Å². The standard InChI is InChI=1S/C19H29N3O4S/c1-3-16-4-5-17(19(23)21-7-6-15(14-21)13-20-2)12-18(16)27(24,25)22-8-10-26-11-9-22/h4-5,12,15,20H,3,6-11,13-14H2,1-2H3. The topological polar surface area (TPSA) is 79.0 Å². The van der Waals surface area contributed by atoms with Gasteiger partial charge in [0.05, 0.1) is 18.1 Å². The maximum Gasteiger partial charge on any atom is 0.253 e. The van der Waals surface area contributed by atoms with Crippen LogP contribution in [0.1, 0.15) is 29.3 Å². The van der Waals surface area contributed by atoms with Gasteiger partial charge in [-0.15, -0.1) is 0 Å². The van der Waals surface area contributed by atoms with E-state index < -0.39 is 10.0 Å². The Hall–Kier alpha value is -1.48. The summed E-state index contributed by atoms with van der Waals surface area (Å²) in [6.45, 7) is 5.74. The quantitative estimate of drug-likeness (QED) is 0.776. The number of rotatable bonds is 6. The normalized spacial score (nSPS) is 21.6. The number of nitrogens with one attached hydrogen (secondary N) is 1. The van der Waals surface area contributed by atoms with Crippen LogP contribution in [0.2, 0.25) is 0 Å². The minimum atomic E-state index is -3.63. The molecule has 1 atom stereocenters. The summed E-state index contributed by atoms with van der Waals surface area (Å²) >= 11 is 0. The van der Waals surface area contributed by atoms with Crippen LogP contribution in [0, 0.1) is 5.92 Å². The SMILES string of the molecule is CCc1ccc(C(=O)N2CCC(CNC)C2)cc1S(=O)(=O)N1CCOCC1. The molecule has 3 rings (SSSR count). The van der Waals surface area contributed by atoms with Gasteiger partial charge in [-0.2, -0.15) is 4.31 Å². The number of likely N-dealkylation sites (tertiary alicyclic amines) is 1. The number of nitrogens with zero attached hydrogens (tertiary/aromatic N) is 2. The monoisotopic (exact) mass is 395 g/mol. The van der Waals surface area contributed by atoms with Crippen molar-refractivity contribution in [2.24, 2.45) is 5.92 Å². The molecule has 2 aliphatic rings. The van der Waals surface area contributed by atoms with Crippen molar-refractivity contribution < 1.29 is 17.9 Å². The third kappa shape index (κ3) is 4.34. The first-order valence-corrected chi connectivity index (χ1v) is 11.1. The Balaban J connectivity index is 1.86. The van der Waals surface area contributed by atoms with E-state index in [1.165, 1.54) is 4.31 Å². The number of carbonyl (C=O) groups excluding carboxylic acids is 1. The first kappa shape index (κ1) is 20.3. The van der Waals surface area contributed by atoms with Gasteiger partial charge in [-0.05, 0) is 50.0 Å². The summed E-state index contributed by atoms with van der Waals surface area (Å²) in [6, 6.07) is 5.10. The lowest BCUT2D eigenvalue weighted by Gasteiger charge is -2.27. The maximum atomic E-state index is 13.1. The van der Waals surface area contributed by atoms with Crippen molar-refractivity contribution in [3.63, 3.8) is 0 Å². The number of hydrogen-bond acceptors (Lipinski definition) is 5. The van der Waals surface area contributed by atoms with E-state index in [1.807, 2.05) is 18.9 Å². The lowest BCUT2D eigenvalue weighted by molar-refractivity contribution is 0.0730. The van der Waals surface area contributed by atoms with Crippen LogP contribution in [0.4, 0.5) is 0 Å². The fourth-order valence-electron chi connectivity index (χ4n) is 3.80. The second kappa shape index (κ2) is 8.68. The molecule has 0 spiro atoms. The van der Waals surface area contributed by atoms with E-state index in [1.54, 1.807) is 18.2 Å². The molecule has 1 unspecified atom stereocenters. The molecule has 0 aliphatic carbocycles. The van der Waals surface area contributed by atoms with Crippen molar-refractivity contribution in [3.05, 3.63) is 29.3 Å². The Morgan fingerprint density at radius 1 is 1.26 bits per heavy atom. The lowest BCUT2D eigenvalue weighted by atomic mass is 10.1. The number of benzene rings is 1. The Morgan fingerprint density at radius 2 is 2.00 bits per heavy atom. The first-order valence-electron chi connectivity index (χ1n) is 9.62. The summed E-state index contributed by atoms with van der Waals surface area (Å²) in [5, 5.41) is 3.16. The second-order valence-corrected chi connectivity index (χ2v) is 9.06. The number of sulfonamides is 1. The Morgan fingerprint density at radius 3 is 2.67 bits per heavy atom. The smallest absolute Gasteiger partial charge is 0.253 e. The number of hydrogen-bond donors (Lipinski definition) is 1. The van der Waals surface area contributed by atoms with Gasteiger partial charge >= 0.3 is 0 Å². The molecule has 2 saturated heterocycles. The Kier molecular flexibility index (Phi) is 6.52. The van der Waals surface area contributed by atoms with Crippen molar-refractivity contribution in [3.8, 4) is 0 Å². The largest absolute Gasteiger partial charge is 0.379 e. The van der Waals surface area contributed by atoms with Gasteiger partial charge in [0, 0.05) is 31.7 Å². The summed E-state index contributed by atoms with van der Waals surface area (Å²) in [6.07, 6.45) is 1.57. The molecule has 2 heterocycles. The molecule has 2 fully saturated rings. The zero-order valence-electron chi connectivity index (χ0n) is 16.1. The second-order valence-electron chi connectivity index (χ2n) is 7.16. The number of ether oxygens (including phenoxy) is 1. The minimum Gasteiger partial charge on any atom is -0.379 e. The van der Waals surface area contributed by atoms with Crippen LogP contribution in [0.25, 0.3) is 0 Å². The van der Waals surface area contributed by atoms with Crippen molar-refractivity contribution >= 4 is 15.9 Å². The van der Waals surface area contributed by atoms with Crippen LogP contribution in [0.15, 0.2) is 23.1 Å². The highest BCUT2D eigenvalue weighted by Gasteiger charge is 2.31. The first-order chi connectivity index (χ1) is 13.0. The summed E-state index contributed by atoms with van der Waals surface area (Å²) in [5.74, 6) is 0.361. The van der Waals surface area contributed by atoms with Crippen molar-refractivity contribution in [2.45, 2.75) is 24.7 Å². The zero-order valence-corrected chi connectivity index (χ0v) is 16.9. The number of aryl methyl sites for hydroxylation is 1. The van der Waals surface area contributed by atoms with Gasteiger partial charge in [-0.3, -0.25) is 4.79 Å². The highest BCUT2D eigenvalue weighted by molar-refractivity contribution is 7.89. The average Bonchev–Trinajstić information content (AvgIpc) is 3.16. The predicted octanol–water partition coefficient (Wildman–Crippen LogP) is 0.951. The number of carbonyl (C=O) groups is 1. The lowest BCUT2D eigenvalue weighted by Crippen LogP contribution is -2.41. The molecule has 27 heavy (non-hydrogen) atoms. The highest BCUT2D eigenvalue weighted by Crippen LogP contribution is 2.25. The van der Waals surface area contributed by atoms with Crippen LogP contribution in [0.5, 0.6) is 0 Å². The van der Waals surface area contributed by atoms with Crippen molar-refractivity contribution in [1.29, 1.82) is 0 Å². The molecule has 2 aliphatic heterocycles. The van der Waals surface area contributed by atoms with E-state index in [4.69, 9.17) is 4.74 Å². The summed E-state index contributed by atoms with van der Waals surface area (Å²) in [4.78, 5) is 15.0. The predicted molar refractivity (Wildman–Crippen MR) is 103 cm³/mol. The van der Waals surface area contributed by atoms with Gasteiger partial charge in [0.25, 0.3) is 5.91 Å². The molecule has 8 heteroatoms. The molecule has 1 aromatic rings. The summed E-state index contributed by atoms with van der Waals surface area (Å²) < 4.78 is 33.0. The summed E-state index contributed by atoms with van der Waals surface area (Å²) in [7, 11) is -1.72. The molecule has 7 nitrogen and oxygen atoms in total. The molecule has 0 saturated carbocycles. The highest BCUT2D eigenvalue weighted by atomic mass is 32.2. The molecule has 150 valence electrons. The van der Waals surface area contributed by atoms with Crippen LogP contribution < -0.4 is 5.32 Å². The molecule has 1 aromatic carbocycles. The zero-order chi connectivity index (χ0) is 19.4. The Labute approximate surface area is 161 Å². The molecule has 1 N–H and O–H groups in total. The summed E-state index contributed by atoms with van der Waals surface area (Å²) in [5.41, 5.74) is 1.19. The minimum absolute atomic E-state index is 0.0883. The average molecular weight is 396 g/mol. The van der Waals surface area contributed by atoms with E-state index in [0.717, 1.165) is 18.5 Å². The molecule has 0 bridgehead atoms. The van der Waals surface area contributed by atoms with Crippen LogP contribution >= 0.6 is 0 Å². The molecule has 0 aromatic heterocycles. The molecule has 0 radical (unpaired) electrons. The number of morpholine rings is 1. The molecule has 1 amide bonds. The van der Waals surface area contributed by atoms with E-state index in [9.17, 15) is 13.2 Å². The van der Waals surface area contributed by atoms with Crippen LogP contribution in [0.3, 0.4) is 0 Å². The van der Waals surface area contributed by atoms with E-state index in [0.29, 0.717) is 57.3 Å². The van der Waals surface area contributed by atoms with Gasteiger partial charge in [0.1, 0.15) is 0 Å². The fraction of sp³-hybridized carbons (Fsp3) is 0.632. The molecular weight excluding hydrogens is 366 g/mol. The van der Waals surface area contributed by atoms with Gasteiger partial charge < -0.3 is 15.0 Å². The van der Waals surface area contributed by atoms with Crippen molar-refractivity contribution in [2.75, 3.05) is 53.0 Å². The van der Waals surface area contributed by atoms with Crippen LogP contribution in [-0.4, -0.2) is 76.5 Å². The van der Waals surface area contributed by atoms with Gasteiger partial charge in [-0.25, -0.2) is 8.42 Å². The third-order valence-electron chi connectivity index (χ3n) is 5.35. The third-order valence-corrected chi connectivity index (χ3v) is 7.33. The number of amides is 1. The van der Waals surface area contributed by atoms with Gasteiger partial charge in [0.2, 0.25) is 10.0 Å². The van der Waals surface area contributed by atoms with E-state index >= 15 is 0 Å².